The summed E-state index contributed by atoms with van der Waals surface area (Å²) in [5, 5.41) is 10.3. The van der Waals surface area contributed by atoms with Crippen LogP contribution in [0.1, 0.15) is 161 Å². The summed E-state index contributed by atoms with van der Waals surface area (Å²) in [6.45, 7) is 4.52. The van der Waals surface area contributed by atoms with Gasteiger partial charge in [-0.1, -0.05) is 141 Å². The predicted molar refractivity (Wildman–Crippen MR) is 155 cm³/mol. The summed E-state index contributed by atoms with van der Waals surface area (Å²) < 4.78 is 5.70. The molecule has 0 aliphatic heterocycles. The van der Waals surface area contributed by atoms with Crippen LogP contribution in [0.5, 0.6) is 5.75 Å². The van der Waals surface area contributed by atoms with Crippen LogP contribution in [0.15, 0.2) is 24.3 Å². The molecule has 0 heterocycles. The molecule has 0 fully saturated rings. The Kier molecular flexibility index (Phi) is 21.8. The number of esters is 1. The average Bonchev–Trinajstić information content (AvgIpc) is 2.88. The quantitative estimate of drug-likeness (QED) is 0.0821. The zero-order valence-electron chi connectivity index (χ0n) is 23.9. The van der Waals surface area contributed by atoms with Gasteiger partial charge in [0.05, 0.1) is 6.10 Å². The van der Waals surface area contributed by atoms with Crippen LogP contribution in [0, 0.1) is 0 Å². The average molecular weight is 503 g/mol. The summed E-state index contributed by atoms with van der Waals surface area (Å²) >= 11 is 0. The van der Waals surface area contributed by atoms with Gasteiger partial charge in [0.25, 0.3) is 0 Å². The van der Waals surface area contributed by atoms with Gasteiger partial charge in [-0.25, -0.2) is 0 Å². The van der Waals surface area contributed by atoms with Gasteiger partial charge >= 0.3 is 5.97 Å². The van der Waals surface area contributed by atoms with E-state index in [4.69, 9.17) is 4.74 Å². The van der Waals surface area contributed by atoms with Gasteiger partial charge < -0.3 is 9.84 Å². The Bertz CT molecular complexity index is 627. The molecule has 3 nitrogen and oxygen atoms in total. The van der Waals surface area contributed by atoms with Crippen LogP contribution < -0.4 is 4.74 Å². The van der Waals surface area contributed by atoms with Crippen molar-refractivity contribution in [2.24, 2.45) is 0 Å². The molecule has 208 valence electrons. The van der Waals surface area contributed by atoms with E-state index in [0.717, 1.165) is 56.3 Å². The fourth-order valence-electron chi connectivity index (χ4n) is 4.92. The molecule has 0 radical (unpaired) electrons. The van der Waals surface area contributed by atoms with E-state index in [1.807, 2.05) is 18.2 Å². The lowest BCUT2D eigenvalue weighted by Crippen LogP contribution is -2.10. The third-order valence-corrected chi connectivity index (χ3v) is 7.31. The maximum absolute atomic E-state index is 12.4. The molecule has 0 saturated carbocycles. The molecule has 1 N–H and O–H groups in total. The van der Waals surface area contributed by atoms with Crippen molar-refractivity contribution >= 4 is 5.97 Å². The van der Waals surface area contributed by atoms with Crippen LogP contribution in [0.4, 0.5) is 0 Å². The fourth-order valence-corrected chi connectivity index (χ4v) is 4.92. The molecule has 0 bridgehead atoms. The van der Waals surface area contributed by atoms with Crippen molar-refractivity contribution in [3.63, 3.8) is 0 Å². The van der Waals surface area contributed by atoms with Crippen LogP contribution in [0.25, 0.3) is 0 Å². The minimum atomic E-state index is -0.224. The molecule has 36 heavy (non-hydrogen) atoms. The largest absolute Gasteiger partial charge is 0.426 e. The van der Waals surface area contributed by atoms with Gasteiger partial charge in [0.1, 0.15) is 5.75 Å². The molecule has 1 aromatic rings. The first kappa shape index (κ1) is 32.7. The number of aliphatic hydroxyl groups excluding tert-OH is 1. The second-order valence-electron chi connectivity index (χ2n) is 10.8. The molecule has 0 spiro atoms. The van der Waals surface area contributed by atoms with Crippen molar-refractivity contribution in [2.45, 2.75) is 168 Å². The van der Waals surface area contributed by atoms with Gasteiger partial charge in [-0.3, -0.25) is 4.79 Å². The lowest BCUT2D eigenvalue weighted by molar-refractivity contribution is -0.134. The van der Waals surface area contributed by atoms with Crippen molar-refractivity contribution in [1.29, 1.82) is 0 Å². The van der Waals surface area contributed by atoms with Crippen LogP contribution >= 0.6 is 0 Å². The van der Waals surface area contributed by atoms with Gasteiger partial charge in [0.2, 0.25) is 0 Å². The molecular formula is C33H58O3. The summed E-state index contributed by atoms with van der Waals surface area (Å²) in [7, 11) is 0. The number of carbonyl (C=O) groups excluding carboxylic acids is 1. The maximum atomic E-state index is 12.4. The van der Waals surface area contributed by atoms with Crippen molar-refractivity contribution < 1.29 is 14.6 Å². The highest BCUT2D eigenvalue weighted by molar-refractivity contribution is 5.72. The van der Waals surface area contributed by atoms with E-state index in [0.29, 0.717) is 6.42 Å². The van der Waals surface area contributed by atoms with Crippen molar-refractivity contribution in [2.75, 3.05) is 0 Å². The Labute approximate surface area is 223 Å². The second kappa shape index (κ2) is 24.0. The first-order chi connectivity index (χ1) is 17.7. The first-order valence-electron chi connectivity index (χ1n) is 15.6. The first-order valence-corrected chi connectivity index (χ1v) is 15.6. The lowest BCUT2D eigenvalue weighted by atomic mass is 10.0. The third-order valence-electron chi connectivity index (χ3n) is 7.31. The highest BCUT2D eigenvalue weighted by Crippen LogP contribution is 2.22. The number of aliphatic hydroxyl groups is 1. The Morgan fingerprint density at radius 1 is 0.667 bits per heavy atom. The number of hydrogen-bond acceptors (Lipinski definition) is 3. The minimum Gasteiger partial charge on any atom is -0.426 e. The van der Waals surface area contributed by atoms with Gasteiger partial charge in [-0.15, -0.1) is 0 Å². The molecular weight excluding hydrogens is 444 g/mol. The minimum absolute atomic E-state index is 0.147. The molecule has 0 aromatic heterocycles. The molecule has 0 aliphatic rings. The number of hydrogen-bond donors (Lipinski definition) is 1. The molecule has 0 saturated heterocycles. The zero-order valence-corrected chi connectivity index (χ0v) is 23.9. The summed E-state index contributed by atoms with van der Waals surface area (Å²) in [5.74, 6) is 0.584. The molecule has 1 unspecified atom stereocenters. The van der Waals surface area contributed by atoms with Crippen LogP contribution in [-0.2, 0) is 11.2 Å². The molecule has 3 heteroatoms. The molecule has 1 rings (SSSR count). The van der Waals surface area contributed by atoms with Crippen molar-refractivity contribution in [3.8, 4) is 5.75 Å². The number of unbranched alkanes of at least 4 members (excludes halogenated alkanes) is 16. The lowest BCUT2D eigenvalue weighted by Gasteiger charge is -2.11. The topological polar surface area (TPSA) is 46.5 Å². The van der Waals surface area contributed by atoms with Crippen LogP contribution in [0.2, 0.25) is 0 Å². The molecule has 1 aromatic carbocycles. The third kappa shape index (κ3) is 18.9. The van der Waals surface area contributed by atoms with Gasteiger partial charge in [-0.05, 0) is 43.7 Å². The van der Waals surface area contributed by atoms with Gasteiger partial charge in [-0.2, -0.15) is 0 Å². The number of aryl methyl sites for hydroxylation is 1. The number of para-hydroxylation sites is 1. The second-order valence-corrected chi connectivity index (χ2v) is 10.8. The van der Waals surface area contributed by atoms with E-state index >= 15 is 0 Å². The Balaban J connectivity index is 2.06. The summed E-state index contributed by atoms with van der Waals surface area (Å²) in [5.41, 5.74) is 1.14. The monoisotopic (exact) mass is 502 g/mol. The Morgan fingerprint density at radius 2 is 1.14 bits per heavy atom. The fraction of sp³-hybridized carbons (Fsp3) is 0.788. The molecule has 1 atom stereocenters. The van der Waals surface area contributed by atoms with E-state index in [1.54, 1.807) is 0 Å². The van der Waals surface area contributed by atoms with E-state index < -0.39 is 0 Å². The van der Waals surface area contributed by atoms with E-state index in [-0.39, 0.29) is 12.1 Å². The smallest absolute Gasteiger partial charge is 0.311 e. The highest BCUT2D eigenvalue weighted by atomic mass is 16.5. The molecule has 0 aliphatic carbocycles. The van der Waals surface area contributed by atoms with Gasteiger partial charge in [0, 0.05) is 6.42 Å². The van der Waals surface area contributed by atoms with E-state index in [1.165, 1.54) is 96.3 Å². The SMILES string of the molecule is CCCCCCCCCCCCC(O)CCCCC(=O)Oc1ccccc1CCCCCCCCC. The summed E-state index contributed by atoms with van der Waals surface area (Å²) in [4.78, 5) is 12.4. The standard InChI is InChI=1S/C33H58O3/c1-3-5-7-9-11-12-13-15-17-19-26-31(34)27-21-23-29-33(35)36-32-28-22-20-25-30(32)24-18-16-14-10-8-6-4-2/h20,22,25,28,31,34H,3-19,21,23-24,26-27,29H2,1-2H3. The van der Waals surface area contributed by atoms with Crippen molar-refractivity contribution in [1.82, 2.24) is 0 Å². The maximum Gasteiger partial charge on any atom is 0.311 e. The Hall–Kier alpha value is -1.35. The summed E-state index contributed by atoms with van der Waals surface area (Å²) in [6.07, 6.45) is 26.8. The zero-order chi connectivity index (χ0) is 26.1. The number of benzene rings is 1. The summed E-state index contributed by atoms with van der Waals surface area (Å²) in [6, 6.07) is 7.99. The highest BCUT2D eigenvalue weighted by Gasteiger charge is 2.10. The number of carbonyl (C=O) groups is 1. The van der Waals surface area contributed by atoms with E-state index in [9.17, 15) is 9.90 Å². The van der Waals surface area contributed by atoms with Gasteiger partial charge in [0.15, 0.2) is 0 Å². The Morgan fingerprint density at radius 3 is 1.72 bits per heavy atom. The number of rotatable bonds is 25. The normalized spacial score (nSPS) is 12.1. The van der Waals surface area contributed by atoms with Crippen molar-refractivity contribution in [3.05, 3.63) is 29.8 Å². The predicted octanol–water partition coefficient (Wildman–Crippen LogP) is 10.1. The van der Waals surface area contributed by atoms with Crippen LogP contribution in [0.3, 0.4) is 0 Å². The van der Waals surface area contributed by atoms with Crippen LogP contribution in [-0.4, -0.2) is 17.2 Å². The number of ether oxygens (including phenoxy) is 1. The van der Waals surface area contributed by atoms with E-state index in [2.05, 4.69) is 19.9 Å². The molecule has 0 amide bonds.